The minimum atomic E-state index is 0. The molecule has 2 heterocycles. The lowest BCUT2D eigenvalue weighted by molar-refractivity contribution is 0.270. The number of nitrogens with two attached hydrogens (primary N) is 2. The Labute approximate surface area is 183 Å². The molecule has 1 aliphatic rings. The Morgan fingerprint density at radius 2 is 2.11 bits per heavy atom. The van der Waals surface area contributed by atoms with Crippen LogP contribution in [0.3, 0.4) is 0 Å². The van der Waals surface area contributed by atoms with E-state index in [0.717, 1.165) is 25.2 Å². The average molecular weight is 493 g/mol. The molecule has 1 aromatic heterocycles. The molecule has 28 heavy (non-hydrogen) atoms. The van der Waals surface area contributed by atoms with Gasteiger partial charge in [0.05, 0.1) is 11.4 Å². The minimum Gasteiger partial charge on any atom is -0.382 e. The number of hydrogen-bond acceptors (Lipinski definition) is 4. The van der Waals surface area contributed by atoms with Crippen LogP contribution >= 0.6 is 24.0 Å². The van der Waals surface area contributed by atoms with Crippen LogP contribution in [-0.4, -0.2) is 40.3 Å². The number of benzene rings is 1. The number of nitrogens with zero attached hydrogens (tertiary/aromatic N) is 5. The molecule has 0 aliphatic carbocycles. The van der Waals surface area contributed by atoms with Crippen molar-refractivity contribution in [3.05, 3.63) is 41.6 Å². The molecule has 1 unspecified atom stereocenters. The van der Waals surface area contributed by atoms with Gasteiger partial charge in [-0.15, -0.1) is 24.0 Å². The van der Waals surface area contributed by atoms with Crippen molar-refractivity contribution in [2.24, 2.45) is 16.6 Å². The van der Waals surface area contributed by atoms with Gasteiger partial charge in [0.2, 0.25) is 0 Å². The van der Waals surface area contributed by atoms with Gasteiger partial charge in [-0.25, -0.2) is 4.68 Å². The van der Waals surface area contributed by atoms with Gasteiger partial charge in [-0.3, -0.25) is 4.99 Å². The number of anilines is 1. The third-order valence-electron chi connectivity index (χ3n) is 4.93. The van der Waals surface area contributed by atoms with Gasteiger partial charge in [-0.05, 0) is 43.7 Å². The molecule has 0 spiro atoms. The van der Waals surface area contributed by atoms with Gasteiger partial charge in [0.15, 0.2) is 5.96 Å². The highest BCUT2D eigenvalue weighted by Gasteiger charge is 2.18. The van der Waals surface area contributed by atoms with Crippen LogP contribution in [0.2, 0.25) is 0 Å². The van der Waals surface area contributed by atoms with Crippen LogP contribution in [0, 0.1) is 17.2 Å². The van der Waals surface area contributed by atoms with Gasteiger partial charge >= 0.3 is 0 Å². The number of piperidine rings is 1. The van der Waals surface area contributed by atoms with Crippen molar-refractivity contribution in [3.8, 4) is 11.8 Å². The van der Waals surface area contributed by atoms with Crippen molar-refractivity contribution in [3.63, 3.8) is 0 Å². The van der Waals surface area contributed by atoms with Gasteiger partial charge in [-0.2, -0.15) is 10.4 Å². The molecule has 1 aliphatic heterocycles. The van der Waals surface area contributed by atoms with Gasteiger partial charge in [0.1, 0.15) is 17.5 Å². The summed E-state index contributed by atoms with van der Waals surface area (Å²) in [6, 6.07) is 11.8. The Bertz CT molecular complexity index is 838. The van der Waals surface area contributed by atoms with Crippen molar-refractivity contribution >= 4 is 35.8 Å². The highest BCUT2D eigenvalue weighted by atomic mass is 127. The molecular weight excluding hydrogens is 465 g/mol. The fraction of sp³-hybridized carbons (Fsp3) is 0.450. The summed E-state index contributed by atoms with van der Waals surface area (Å²) in [5.74, 6) is 1.66. The third-order valence-corrected chi connectivity index (χ3v) is 4.93. The van der Waals surface area contributed by atoms with Crippen LogP contribution in [0.25, 0.3) is 5.69 Å². The summed E-state index contributed by atoms with van der Waals surface area (Å²) in [6.07, 6.45) is 3.83. The molecule has 0 radical (unpaired) electrons. The smallest absolute Gasteiger partial charge is 0.191 e. The lowest BCUT2D eigenvalue weighted by Gasteiger charge is -2.31. The highest BCUT2D eigenvalue weighted by Crippen LogP contribution is 2.21. The lowest BCUT2D eigenvalue weighted by Crippen LogP contribution is -2.43. The van der Waals surface area contributed by atoms with Crippen LogP contribution in [0.4, 0.5) is 5.82 Å². The molecule has 7 nitrogen and oxygen atoms in total. The Hall–Kier alpha value is -2.28. The molecule has 4 N–H and O–H groups in total. The SMILES string of the molecule is CC1CCCN(C(N)=NCCCc2nn(-c3ccccc3)c(N)c2C#N)C1.I. The summed E-state index contributed by atoms with van der Waals surface area (Å²) in [4.78, 5) is 6.68. The maximum absolute atomic E-state index is 9.46. The number of aryl methyl sites for hydroxylation is 1. The third kappa shape index (κ3) is 5.16. The number of likely N-dealkylation sites (tertiary alicyclic amines) is 1. The first-order valence-corrected chi connectivity index (χ1v) is 9.48. The Balaban J connectivity index is 0.00000280. The van der Waals surface area contributed by atoms with E-state index < -0.39 is 0 Å². The molecule has 1 saturated heterocycles. The molecule has 8 heteroatoms. The molecule has 2 aromatic rings. The molecule has 0 saturated carbocycles. The van der Waals surface area contributed by atoms with E-state index in [2.05, 4.69) is 28.0 Å². The number of rotatable bonds is 5. The first-order chi connectivity index (χ1) is 13.1. The summed E-state index contributed by atoms with van der Waals surface area (Å²) in [7, 11) is 0. The monoisotopic (exact) mass is 493 g/mol. The van der Waals surface area contributed by atoms with Gasteiger partial charge in [0, 0.05) is 19.6 Å². The molecule has 1 aromatic carbocycles. The van der Waals surface area contributed by atoms with E-state index >= 15 is 0 Å². The zero-order valence-corrected chi connectivity index (χ0v) is 18.5. The maximum Gasteiger partial charge on any atom is 0.191 e. The van der Waals surface area contributed by atoms with Crippen molar-refractivity contribution in [1.29, 1.82) is 5.26 Å². The standard InChI is InChI=1S/C20H27N7.HI/c1-15-7-6-12-26(14-15)20(23)24-11-5-10-18-17(13-21)19(22)27(25-18)16-8-3-2-4-9-16;/h2-4,8-9,15H,5-7,10-12,14,22H2,1H3,(H2,23,24);1H. The molecular formula is C20H28IN7. The number of nitrogen functional groups attached to an aromatic ring is 1. The predicted octanol–water partition coefficient (Wildman–Crippen LogP) is 2.92. The molecule has 0 amide bonds. The van der Waals surface area contributed by atoms with Gasteiger partial charge in [-0.1, -0.05) is 25.1 Å². The summed E-state index contributed by atoms with van der Waals surface area (Å²) in [6.45, 7) is 4.82. The second kappa shape index (κ2) is 10.3. The topological polar surface area (TPSA) is 109 Å². The first kappa shape index (κ1) is 22.0. The van der Waals surface area contributed by atoms with E-state index in [0.29, 0.717) is 41.9 Å². The van der Waals surface area contributed by atoms with Crippen molar-refractivity contribution in [1.82, 2.24) is 14.7 Å². The summed E-state index contributed by atoms with van der Waals surface area (Å²) < 4.78 is 1.63. The van der Waals surface area contributed by atoms with Crippen molar-refractivity contribution < 1.29 is 0 Å². The molecule has 150 valence electrons. The van der Waals surface area contributed by atoms with E-state index in [1.165, 1.54) is 12.8 Å². The molecule has 1 atom stereocenters. The quantitative estimate of drug-likeness (QED) is 0.288. The summed E-state index contributed by atoms with van der Waals surface area (Å²) >= 11 is 0. The van der Waals surface area contributed by atoms with Crippen LogP contribution < -0.4 is 11.5 Å². The van der Waals surface area contributed by atoms with E-state index in [4.69, 9.17) is 11.5 Å². The lowest BCUT2D eigenvalue weighted by atomic mass is 10.0. The van der Waals surface area contributed by atoms with Crippen LogP contribution in [0.15, 0.2) is 35.3 Å². The van der Waals surface area contributed by atoms with E-state index in [1.807, 2.05) is 30.3 Å². The largest absolute Gasteiger partial charge is 0.382 e. The number of aromatic nitrogens is 2. The van der Waals surface area contributed by atoms with Gasteiger partial charge < -0.3 is 16.4 Å². The predicted molar refractivity (Wildman–Crippen MR) is 123 cm³/mol. The fourth-order valence-electron chi connectivity index (χ4n) is 3.48. The molecule has 1 fully saturated rings. The second-order valence-electron chi connectivity index (χ2n) is 7.10. The maximum atomic E-state index is 9.46. The number of halogens is 1. The van der Waals surface area contributed by atoms with Crippen LogP contribution in [0.5, 0.6) is 0 Å². The van der Waals surface area contributed by atoms with E-state index in [9.17, 15) is 5.26 Å². The minimum absolute atomic E-state index is 0. The normalized spacial score (nSPS) is 17.1. The molecule has 0 bridgehead atoms. The average Bonchev–Trinajstić information content (AvgIpc) is 3.01. The second-order valence-corrected chi connectivity index (χ2v) is 7.10. The Morgan fingerprint density at radius 1 is 1.36 bits per heavy atom. The van der Waals surface area contributed by atoms with Crippen molar-refractivity contribution in [2.45, 2.75) is 32.6 Å². The fourth-order valence-corrected chi connectivity index (χ4v) is 3.48. The van der Waals surface area contributed by atoms with Crippen molar-refractivity contribution in [2.75, 3.05) is 25.4 Å². The first-order valence-electron chi connectivity index (χ1n) is 9.48. The number of para-hydroxylation sites is 1. The van der Waals surface area contributed by atoms with E-state index in [1.54, 1.807) is 4.68 Å². The Kier molecular flexibility index (Phi) is 8.11. The number of guanidine groups is 1. The number of aliphatic imine (C=N–C) groups is 1. The molecule has 3 rings (SSSR count). The summed E-state index contributed by atoms with van der Waals surface area (Å²) in [5.41, 5.74) is 14.3. The number of hydrogen-bond donors (Lipinski definition) is 2. The van der Waals surface area contributed by atoms with Crippen LogP contribution in [-0.2, 0) is 6.42 Å². The van der Waals surface area contributed by atoms with Crippen LogP contribution in [0.1, 0.15) is 37.4 Å². The zero-order chi connectivity index (χ0) is 19.2. The Morgan fingerprint density at radius 3 is 2.79 bits per heavy atom. The summed E-state index contributed by atoms with van der Waals surface area (Å²) in [5, 5.41) is 14.0. The van der Waals surface area contributed by atoms with Gasteiger partial charge in [0.25, 0.3) is 0 Å². The number of nitriles is 1. The zero-order valence-electron chi connectivity index (χ0n) is 16.2. The highest BCUT2D eigenvalue weighted by molar-refractivity contribution is 14.0. The van der Waals surface area contributed by atoms with E-state index in [-0.39, 0.29) is 24.0 Å².